The molecular weight excluding hydrogens is 196 g/mol. The molecule has 0 rings (SSSR count). The lowest BCUT2D eigenvalue weighted by molar-refractivity contribution is 0.536. The largest absolute Gasteiger partial charge is 0.455 e. The van der Waals surface area contributed by atoms with E-state index in [9.17, 15) is 0 Å². The zero-order valence-electron chi connectivity index (χ0n) is 9.39. The highest BCUT2D eigenvalue weighted by atomic mass is 28.4. The van der Waals surface area contributed by atoms with E-state index in [0.29, 0.717) is 6.17 Å². The van der Waals surface area contributed by atoms with Crippen molar-refractivity contribution in [2.45, 2.75) is 38.7 Å². The van der Waals surface area contributed by atoms with E-state index >= 15 is 0 Å². The third-order valence-corrected chi connectivity index (χ3v) is 8.99. The molecule has 0 unspecified atom stereocenters. The molecule has 0 aromatic rings. The van der Waals surface area contributed by atoms with Gasteiger partial charge in [-0.25, -0.2) is 0 Å². The predicted molar refractivity (Wildman–Crippen MR) is 63.6 cm³/mol. The molecule has 0 amide bonds. The van der Waals surface area contributed by atoms with Crippen LogP contribution in [-0.2, 0) is 4.12 Å². The molecule has 4 N–H and O–H groups in total. The van der Waals surface area contributed by atoms with Crippen LogP contribution < -0.4 is 11.5 Å². The predicted octanol–water partition coefficient (Wildman–Crippen LogP) is 1.26. The van der Waals surface area contributed by atoms with Gasteiger partial charge in [0, 0.05) is 6.17 Å². The molecule has 0 heterocycles. The van der Waals surface area contributed by atoms with E-state index in [1.54, 1.807) is 0 Å². The fourth-order valence-electron chi connectivity index (χ4n) is 1.37. The second kappa shape index (κ2) is 5.26. The van der Waals surface area contributed by atoms with Crippen LogP contribution >= 0.6 is 0 Å². The molecule has 5 heteroatoms. The minimum atomic E-state index is -1.56. The fraction of sp³-hybridized carbons (Fsp3) is 1.00. The lowest BCUT2D eigenvalue weighted by Gasteiger charge is -2.33. The maximum absolute atomic E-state index is 6.17. The summed E-state index contributed by atoms with van der Waals surface area (Å²) in [6.07, 6.45) is 1.79. The molecule has 0 bridgehead atoms. The van der Waals surface area contributed by atoms with Crippen LogP contribution in [0.3, 0.4) is 0 Å². The van der Waals surface area contributed by atoms with Gasteiger partial charge in [-0.2, -0.15) is 0 Å². The molecule has 13 heavy (non-hydrogen) atoms. The van der Waals surface area contributed by atoms with Crippen molar-refractivity contribution in [2.75, 3.05) is 12.7 Å². The minimum Gasteiger partial charge on any atom is -0.455 e. The van der Waals surface area contributed by atoms with Crippen LogP contribution in [-0.4, -0.2) is 29.3 Å². The Morgan fingerprint density at radius 1 is 1.00 bits per heavy atom. The summed E-state index contributed by atoms with van der Waals surface area (Å²) in [6.45, 7) is 9.65. The van der Waals surface area contributed by atoms with Gasteiger partial charge in [-0.05, 0) is 45.2 Å². The molecule has 80 valence electrons. The van der Waals surface area contributed by atoms with Crippen molar-refractivity contribution in [2.24, 2.45) is 11.5 Å². The molecule has 0 radical (unpaired) electrons. The SMILES string of the molecule is C[Si](C)(CN)O[Si](C)(C)CCCN. The Balaban J connectivity index is 4.00. The Morgan fingerprint density at radius 3 is 1.92 bits per heavy atom. The van der Waals surface area contributed by atoms with Gasteiger partial charge in [-0.1, -0.05) is 0 Å². The fourth-order valence-corrected chi connectivity index (χ4v) is 9.15. The van der Waals surface area contributed by atoms with Crippen LogP contribution in [0.25, 0.3) is 0 Å². The lowest BCUT2D eigenvalue weighted by Crippen LogP contribution is -2.49. The Kier molecular flexibility index (Phi) is 5.38. The molecule has 0 aliphatic heterocycles. The molecule has 0 aliphatic rings. The number of hydrogen-bond donors (Lipinski definition) is 2. The van der Waals surface area contributed by atoms with Crippen molar-refractivity contribution in [3.8, 4) is 0 Å². The van der Waals surface area contributed by atoms with E-state index in [0.717, 1.165) is 19.0 Å². The standard InChI is InChI=1S/C8H24N2OSi2/c1-12(2,7-5-6-9)11-13(3,4)8-10/h5-10H2,1-4H3. The maximum atomic E-state index is 6.17. The second-order valence-electron chi connectivity index (χ2n) is 4.72. The molecule has 3 nitrogen and oxygen atoms in total. The van der Waals surface area contributed by atoms with Crippen molar-refractivity contribution in [1.82, 2.24) is 0 Å². The van der Waals surface area contributed by atoms with E-state index < -0.39 is 16.6 Å². The Bertz CT molecular complexity index is 151. The monoisotopic (exact) mass is 220 g/mol. The van der Waals surface area contributed by atoms with Crippen LogP contribution in [0.1, 0.15) is 6.42 Å². The van der Waals surface area contributed by atoms with Crippen LogP contribution in [0.5, 0.6) is 0 Å². The van der Waals surface area contributed by atoms with Crippen LogP contribution in [0.2, 0.25) is 32.2 Å². The summed E-state index contributed by atoms with van der Waals surface area (Å²) in [4.78, 5) is 0. The second-order valence-corrected chi connectivity index (χ2v) is 13.5. The van der Waals surface area contributed by atoms with E-state index in [1.807, 2.05) is 0 Å². The van der Waals surface area contributed by atoms with E-state index in [2.05, 4.69) is 26.2 Å². The Morgan fingerprint density at radius 2 is 1.54 bits per heavy atom. The van der Waals surface area contributed by atoms with Gasteiger partial charge in [0.25, 0.3) is 0 Å². The van der Waals surface area contributed by atoms with Gasteiger partial charge in [0.05, 0.1) is 0 Å². The summed E-state index contributed by atoms with van der Waals surface area (Å²) in [5.41, 5.74) is 11.2. The van der Waals surface area contributed by atoms with Crippen molar-refractivity contribution in [3.05, 3.63) is 0 Å². The van der Waals surface area contributed by atoms with Gasteiger partial charge < -0.3 is 15.6 Å². The zero-order chi connectivity index (χ0) is 10.5. The van der Waals surface area contributed by atoms with E-state index in [4.69, 9.17) is 15.6 Å². The van der Waals surface area contributed by atoms with Crippen LogP contribution in [0.4, 0.5) is 0 Å². The van der Waals surface area contributed by atoms with Crippen LogP contribution in [0, 0.1) is 0 Å². The average Bonchev–Trinajstić information content (AvgIpc) is 1.99. The molecule has 0 saturated heterocycles. The highest BCUT2D eigenvalue weighted by molar-refractivity contribution is 6.84. The highest BCUT2D eigenvalue weighted by Crippen LogP contribution is 2.18. The van der Waals surface area contributed by atoms with Gasteiger partial charge in [0.1, 0.15) is 0 Å². The van der Waals surface area contributed by atoms with Crippen molar-refractivity contribution in [3.63, 3.8) is 0 Å². The normalized spacial score (nSPS) is 13.4. The summed E-state index contributed by atoms with van der Waals surface area (Å²) >= 11 is 0. The first-order chi connectivity index (χ1) is 5.83. The Labute approximate surface area is 84.1 Å². The summed E-state index contributed by atoms with van der Waals surface area (Å²) in [5, 5.41) is 0. The topological polar surface area (TPSA) is 61.3 Å². The van der Waals surface area contributed by atoms with Gasteiger partial charge in [0.15, 0.2) is 16.6 Å². The maximum Gasteiger partial charge on any atom is 0.187 e. The zero-order valence-corrected chi connectivity index (χ0v) is 11.4. The molecule has 0 fully saturated rings. The summed E-state index contributed by atoms with van der Waals surface area (Å²) in [6, 6.07) is 1.15. The number of nitrogens with two attached hydrogens (primary N) is 2. The van der Waals surface area contributed by atoms with Crippen molar-refractivity contribution < 1.29 is 4.12 Å². The quantitative estimate of drug-likeness (QED) is 0.663. The molecule has 0 saturated carbocycles. The first kappa shape index (κ1) is 13.3. The summed E-state index contributed by atoms with van der Waals surface area (Å²) < 4.78 is 6.17. The van der Waals surface area contributed by atoms with Gasteiger partial charge in [-0.15, -0.1) is 0 Å². The molecule has 0 aromatic heterocycles. The number of hydrogen-bond acceptors (Lipinski definition) is 3. The third-order valence-electron chi connectivity index (χ3n) is 2.03. The molecule has 0 aromatic carbocycles. The van der Waals surface area contributed by atoms with Gasteiger partial charge in [0.2, 0.25) is 0 Å². The third kappa shape index (κ3) is 6.39. The van der Waals surface area contributed by atoms with Crippen molar-refractivity contribution >= 4 is 16.6 Å². The van der Waals surface area contributed by atoms with Gasteiger partial charge >= 0.3 is 0 Å². The Hall–Kier alpha value is 0.314. The van der Waals surface area contributed by atoms with E-state index in [-0.39, 0.29) is 0 Å². The highest BCUT2D eigenvalue weighted by Gasteiger charge is 2.31. The molecule has 0 atom stereocenters. The molecule has 0 aliphatic carbocycles. The van der Waals surface area contributed by atoms with Gasteiger partial charge in [-0.3, -0.25) is 0 Å². The minimum absolute atomic E-state index is 0.714. The summed E-state index contributed by atoms with van der Waals surface area (Å²) in [5.74, 6) is 0. The summed E-state index contributed by atoms with van der Waals surface area (Å²) in [7, 11) is -3.04. The van der Waals surface area contributed by atoms with Crippen LogP contribution in [0.15, 0.2) is 0 Å². The lowest BCUT2D eigenvalue weighted by atomic mass is 10.5. The first-order valence-corrected chi connectivity index (χ1v) is 11.2. The van der Waals surface area contributed by atoms with Crippen molar-refractivity contribution in [1.29, 1.82) is 0 Å². The van der Waals surface area contributed by atoms with E-state index in [1.165, 1.54) is 0 Å². The average molecular weight is 220 g/mol. The molecular formula is C8H24N2OSi2. The number of rotatable bonds is 6. The smallest absolute Gasteiger partial charge is 0.187 e. The molecule has 0 spiro atoms. The first-order valence-electron chi connectivity index (χ1n) is 4.93.